The van der Waals surface area contributed by atoms with Crippen molar-refractivity contribution in [1.82, 2.24) is 15.2 Å². The lowest BCUT2D eigenvalue weighted by molar-refractivity contribution is -0.0503. The van der Waals surface area contributed by atoms with Crippen LogP contribution in [0.2, 0.25) is 0 Å². The lowest BCUT2D eigenvalue weighted by Gasteiger charge is -2.09. The van der Waals surface area contributed by atoms with E-state index in [1.54, 1.807) is 25.1 Å². The molecule has 0 bridgehead atoms. The van der Waals surface area contributed by atoms with Crippen LogP contribution in [0.3, 0.4) is 0 Å². The molecule has 0 saturated heterocycles. The molecular formula is C11H11F2N3OS. The second kappa shape index (κ2) is 5.81. The molecule has 0 aliphatic heterocycles. The fraction of sp³-hybridized carbons (Fsp3) is 0.273. The van der Waals surface area contributed by atoms with Crippen LogP contribution in [0.4, 0.5) is 8.78 Å². The number of benzene rings is 1. The number of nitrogens with one attached hydrogen (secondary N) is 1. The summed E-state index contributed by atoms with van der Waals surface area (Å²) in [7, 11) is 0. The molecule has 2 aromatic rings. The van der Waals surface area contributed by atoms with Crippen LogP contribution < -0.4 is 4.74 Å². The number of aromatic nitrogens is 3. The number of rotatable bonds is 5. The number of para-hydroxylation sites is 1. The molecule has 7 heteroatoms. The summed E-state index contributed by atoms with van der Waals surface area (Å²) >= 11 is 1.36. The topological polar surface area (TPSA) is 50.8 Å². The van der Waals surface area contributed by atoms with Gasteiger partial charge in [0, 0.05) is 11.3 Å². The lowest BCUT2D eigenvalue weighted by atomic mass is 10.2. The average molecular weight is 271 g/mol. The van der Waals surface area contributed by atoms with E-state index in [4.69, 9.17) is 0 Å². The fourth-order valence-electron chi connectivity index (χ4n) is 1.36. The number of hydrogen-bond acceptors (Lipinski definition) is 4. The standard InChI is InChI=1S/C11H11F2N3OS/c1-7-14-11(16-15-7)18-6-8-4-2-3-5-9(8)17-10(12)13/h2-5,10H,6H2,1H3,(H,14,15,16). The third-order valence-corrected chi connectivity index (χ3v) is 3.02. The maximum absolute atomic E-state index is 12.2. The number of ether oxygens (including phenoxy) is 1. The van der Waals surface area contributed by atoms with Crippen molar-refractivity contribution in [3.05, 3.63) is 35.7 Å². The van der Waals surface area contributed by atoms with E-state index in [1.165, 1.54) is 17.8 Å². The number of thioether (sulfide) groups is 1. The van der Waals surface area contributed by atoms with Crippen molar-refractivity contribution < 1.29 is 13.5 Å². The van der Waals surface area contributed by atoms with Crippen molar-refractivity contribution >= 4 is 11.8 Å². The molecule has 4 nitrogen and oxygen atoms in total. The first-order chi connectivity index (χ1) is 8.65. The van der Waals surface area contributed by atoms with Crippen LogP contribution in [0.15, 0.2) is 29.4 Å². The minimum Gasteiger partial charge on any atom is -0.435 e. The summed E-state index contributed by atoms with van der Waals surface area (Å²) < 4.78 is 28.9. The predicted octanol–water partition coefficient (Wildman–Crippen LogP) is 3.01. The van der Waals surface area contributed by atoms with E-state index in [-0.39, 0.29) is 5.75 Å². The van der Waals surface area contributed by atoms with Crippen LogP contribution >= 0.6 is 11.8 Å². The van der Waals surface area contributed by atoms with E-state index in [0.717, 1.165) is 5.82 Å². The number of aryl methyl sites for hydroxylation is 1. The van der Waals surface area contributed by atoms with Gasteiger partial charge in [-0.1, -0.05) is 30.0 Å². The van der Waals surface area contributed by atoms with E-state index < -0.39 is 6.61 Å². The molecule has 0 aliphatic carbocycles. The first-order valence-corrected chi connectivity index (χ1v) is 6.18. The molecular weight excluding hydrogens is 260 g/mol. The van der Waals surface area contributed by atoms with Gasteiger partial charge in [-0.25, -0.2) is 4.98 Å². The minimum absolute atomic E-state index is 0.187. The molecule has 0 unspecified atom stereocenters. The fourth-order valence-corrected chi connectivity index (χ4v) is 2.20. The highest BCUT2D eigenvalue weighted by Crippen LogP contribution is 2.27. The third-order valence-electron chi connectivity index (χ3n) is 2.12. The van der Waals surface area contributed by atoms with E-state index in [9.17, 15) is 8.78 Å². The summed E-state index contributed by atoms with van der Waals surface area (Å²) in [5.74, 6) is 1.38. The van der Waals surface area contributed by atoms with Crippen LogP contribution in [0.5, 0.6) is 5.75 Å². The number of halogens is 2. The Morgan fingerprint density at radius 3 is 2.83 bits per heavy atom. The molecule has 96 valence electrons. The zero-order valence-corrected chi connectivity index (χ0v) is 10.4. The highest BCUT2D eigenvalue weighted by molar-refractivity contribution is 7.98. The van der Waals surface area contributed by atoms with E-state index in [2.05, 4.69) is 19.9 Å². The van der Waals surface area contributed by atoms with Gasteiger partial charge in [0.25, 0.3) is 0 Å². The summed E-state index contributed by atoms with van der Waals surface area (Å²) in [4.78, 5) is 4.12. The van der Waals surface area contributed by atoms with Crippen molar-refractivity contribution in [3.63, 3.8) is 0 Å². The Hall–Kier alpha value is -1.63. The maximum Gasteiger partial charge on any atom is 0.387 e. The number of hydrogen-bond donors (Lipinski definition) is 1. The van der Waals surface area contributed by atoms with Gasteiger partial charge in [0.15, 0.2) is 0 Å². The molecule has 0 saturated carbocycles. The Kier molecular flexibility index (Phi) is 4.14. The zero-order chi connectivity index (χ0) is 13.0. The van der Waals surface area contributed by atoms with Crippen LogP contribution in [0.25, 0.3) is 0 Å². The molecule has 18 heavy (non-hydrogen) atoms. The predicted molar refractivity (Wildman–Crippen MR) is 63.8 cm³/mol. The van der Waals surface area contributed by atoms with Crippen LogP contribution in [0.1, 0.15) is 11.4 Å². The Labute approximate surface area is 107 Å². The maximum atomic E-state index is 12.2. The van der Waals surface area contributed by atoms with Gasteiger partial charge in [-0.3, -0.25) is 5.10 Å². The summed E-state index contributed by atoms with van der Waals surface area (Å²) in [6.07, 6.45) is 0. The first kappa shape index (κ1) is 12.8. The molecule has 0 atom stereocenters. The van der Waals surface area contributed by atoms with Gasteiger partial charge >= 0.3 is 6.61 Å². The van der Waals surface area contributed by atoms with Crippen LogP contribution in [0, 0.1) is 6.92 Å². The summed E-state index contributed by atoms with van der Waals surface area (Å²) in [5, 5.41) is 7.26. The van der Waals surface area contributed by atoms with Gasteiger partial charge in [0.1, 0.15) is 11.6 Å². The van der Waals surface area contributed by atoms with Gasteiger partial charge < -0.3 is 4.74 Å². The molecule has 0 fully saturated rings. The first-order valence-electron chi connectivity index (χ1n) is 5.19. The van der Waals surface area contributed by atoms with Gasteiger partial charge in [0.05, 0.1) is 0 Å². The largest absolute Gasteiger partial charge is 0.435 e. The molecule has 0 amide bonds. The normalized spacial score (nSPS) is 10.9. The summed E-state index contributed by atoms with van der Waals surface area (Å²) in [6.45, 7) is -1.02. The Morgan fingerprint density at radius 1 is 1.39 bits per heavy atom. The molecule has 1 aromatic heterocycles. The number of alkyl halides is 2. The number of H-pyrrole nitrogens is 1. The van der Waals surface area contributed by atoms with Crippen molar-refractivity contribution in [1.29, 1.82) is 0 Å². The minimum atomic E-state index is -2.82. The molecule has 1 aromatic carbocycles. The highest BCUT2D eigenvalue weighted by Gasteiger charge is 2.10. The molecule has 2 rings (SSSR count). The van der Waals surface area contributed by atoms with Crippen LogP contribution in [-0.4, -0.2) is 21.8 Å². The van der Waals surface area contributed by atoms with Crippen LogP contribution in [-0.2, 0) is 5.75 Å². The van der Waals surface area contributed by atoms with Crippen molar-refractivity contribution in [2.45, 2.75) is 24.4 Å². The molecule has 0 aliphatic rings. The quantitative estimate of drug-likeness (QED) is 0.849. The monoisotopic (exact) mass is 271 g/mol. The van der Waals surface area contributed by atoms with Gasteiger partial charge in [0.2, 0.25) is 5.16 Å². The van der Waals surface area contributed by atoms with Gasteiger partial charge in [-0.05, 0) is 13.0 Å². The van der Waals surface area contributed by atoms with Crippen molar-refractivity contribution in [2.75, 3.05) is 0 Å². The zero-order valence-electron chi connectivity index (χ0n) is 9.56. The average Bonchev–Trinajstić information content (AvgIpc) is 2.73. The van der Waals surface area contributed by atoms with E-state index >= 15 is 0 Å². The summed E-state index contributed by atoms with van der Waals surface area (Å²) in [5.41, 5.74) is 0.685. The Bertz CT molecular complexity index is 518. The number of aromatic amines is 1. The third kappa shape index (κ3) is 3.43. The van der Waals surface area contributed by atoms with Crippen molar-refractivity contribution in [3.8, 4) is 5.75 Å². The van der Waals surface area contributed by atoms with E-state index in [1.807, 2.05) is 0 Å². The second-order valence-electron chi connectivity index (χ2n) is 3.48. The number of nitrogens with zero attached hydrogens (tertiary/aromatic N) is 2. The van der Waals surface area contributed by atoms with Gasteiger partial charge in [-0.15, -0.1) is 5.10 Å². The Morgan fingerprint density at radius 2 is 2.17 bits per heavy atom. The molecule has 1 N–H and O–H groups in total. The molecule has 0 radical (unpaired) electrons. The SMILES string of the molecule is Cc1nc(SCc2ccccc2OC(F)F)n[nH]1. The molecule has 0 spiro atoms. The smallest absolute Gasteiger partial charge is 0.387 e. The van der Waals surface area contributed by atoms with E-state index in [0.29, 0.717) is 16.5 Å². The van der Waals surface area contributed by atoms with Gasteiger partial charge in [-0.2, -0.15) is 8.78 Å². The Balaban J connectivity index is 2.04. The molecule has 1 heterocycles. The summed E-state index contributed by atoms with van der Waals surface area (Å²) in [6, 6.07) is 6.69. The highest BCUT2D eigenvalue weighted by atomic mass is 32.2. The van der Waals surface area contributed by atoms with Crippen molar-refractivity contribution in [2.24, 2.45) is 0 Å². The lowest BCUT2D eigenvalue weighted by Crippen LogP contribution is -2.03. The second-order valence-corrected chi connectivity index (χ2v) is 4.42.